The van der Waals surface area contributed by atoms with Crippen LogP contribution in [0.5, 0.6) is 5.75 Å². The van der Waals surface area contributed by atoms with Gasteiger partial charge in [0.2, 0.25) is 0 Å². The third-order valence-electron chi connectivity index (χ3n) is 2.54. The van der Waals surface area contributed by atoms with Gasteiger partial charge in [-0.3, -0.25) is 4.79 Å². The maximum absolute atomic E-state index is 12.1. The molecule has 1 rings (SSSR count). The Hall–Kier alpha value is -1.56. The number of amides is 1. The number of carbonyl (C=O) groups is 2. The summed E-state index contributed by atoms with van der Waals surface area (Å²) in [7, 11) is 2.82. The van der Waals surface area contributed by atoms with Gasteiger partial charge in [0.15, 0.2) is 0 Å². The Morgan fingerprint density at radius 3 is 2.37 bits per heavy atom. The van der Waals surface area contributed by atoms with E-state index in [1.807, 2.05) is 0 Å². The number of carbonyl (C=O) groups excluding carboxylic acids is 2. The summed E-state index contributed by atoms with van der Waals surface area (Å²) in [5, 5.41) is 2.61. The normalized spacial score (nSPS) is 10.8. The molecule has 0 aromatic heterocycles. The summed E-state index contributed by atoms with van der Waals surface area (Å²) >= 11 is 3.30. The molecular formula is C13H16BrNO4. The Morgan fingerprint density at radius 2 is 1.89 bits per heavy atom. The number of esters is 1. The molecule has 0 aliphatic carbocycles. The van der Waals surface area contributed by atoms with Gasteiger partial charge in [-0.05, 0) is 48.0 Å². The van der Waals surface area contributed by atoms with Crippen LogP contribution in [0.2, 0.25) is 0 Å². The minimum absolute atomic E-state index is 0.362. The predicted molar refractivity (Wildman–Crippen MR) is 74.3 cm³/mol. The van der Waals surface area contributed by atoms with Crippen LogP contribution in [0.15, 0.2) is 22.7 Å². The first-order valence-electron chi connectivity index (χ1n) is 5.56. The highest BCUT2D eigenvalue weighted by atomic mass is 79.9. The van der Waals surface area contributed by atoms with E-state index >= 15 is 0 Å². The van der Waals surface area contributed by atoms with Gasteiger partial charge in [-0.2, -0.15) is 0 Å². The summed E-state index contributed by atoms with van der Waals surface area (Å²) in [6.45, 7) is 3.16. The zero-order valence-electron chi connectivity index (χ0n) is 11.2. The standard InChI is InChI=1S/C13H16BrNO4/c1-13(2,12(17)19-4)15-11(16)8-5-6-10(18-3)9(14)7-8/h5-7H,1-4H3,(H,15,16). The van der Waals surface area contributed by atoms with Gasteiger partial charge in [0.05, 0.1) is 18.7 Å². The van der Waals surface area contributed by atoms with Crippen molar-refractivity contribution in [1.82, 2.24) is 5.32 Å². The van der Waals surface area contributed by atoms with E-state index in [1.54, 1.807) is 39.2 Å². The van der Waals surface area contributed by atoms with Gasteiger partial charge in [-0.15, -0.1) is 0 Å². The van der Waals surface area contributed by atoms with Crippen LogP contribution in [0.25, 0.3) is 0 Å². The van der Waals surface area contributed by atoms with E-state index in [-0.39, 0.29) is 5.91 Å². The van der Waals surface area contributed by atoms with Gasteiger partial charge in [0.1, 0.15) is 11.3 Å². The zero-order chi connectivity index (χ0) is 14.6. The monoisotopic (exact) mass is 329 g/mol. The third-order valence-corrected chi connectivity index (χ3v) is 3.16. The van der Waals surface area contributed by atoms with Crippen molar-refractivity contribution in [1.29, 1.82) is 0 Å². The lowest BCUT2D eigenvalue weighted by molar-refractivity contribution is -0.146. The first kappa shape index (κ1) is 15.5. The Morgan fingerprint density at radius 1 is 1.26 bits per heavy atom. The van der Waals surface area contributed by atoms with Crippen LogP contribution in [0.3, 0.4) is 0 Å². The first-order chi connectivity index (χ1) is 8.81. The van der Waals surface area contributed by atoms with E-state index < -0.39 is 11.5 Å². The number of hydrogen-bond acceptors (Lipinski definition) is 4. The lowest BCUT2D eigenvalue weighted by atomic mass is 10.1. The maximum atomic E-state index is 12.1. The smallest absolute Gasteiger partial charge is 0.330 e. The van der Waals surface area contributed by atoms with Crippen molar-refractivity contribution in [3.8, 4) is 5.75 Å². The van der Waals surface area contributed by atoms with Crippen LogP contribution < -0.4 is 10.1 Å². The number of rotatable bonds is 4. The van der Waals surface area contributed by atoms with Gasteiger partial charge in [0, 0.05) is 5.56 Å². The Labute approximate surface area is 120 Å². The predicted octanol–water partition coefficient (Wildman–Crippen LogP) is 2.14. The maximum Gasteiger partial charge on any atom is 0.330 e. The number of halogens is 1. The molecule has 0 fully saturated rings. The van der Waals surface area contributed by atoms with E-state index in [0.29, 0.717) is 15.8 Å². The van der Waals surface area contributed by atoms with Crippen molar-refractivity contribution in [2.45, 2.75) is 19.4 Å². The molecule has 0 atom stereocenters. The van der Waals surface area contributed by atoms with Gasteiger partial charge in [-0.25, -0.2) is 4.79 Å². The fourth-order valence-corrected chi connectivity index (χ4v) is 2.01. The van der Waals surface area contributed by atoms with Gasteiger partial charge >= 0.3 is 5.97 Å². The molecule has 19 heavy (non-hydrogen) atoms. The lowest BCUT2D eigenvalue weighted by Gasteiger charge is -2.23. The number of methoxy groups -OCH3 is 2. The summed E-state index contributed by atoms with van der Waals surface area (Å²) in [6.07, 6.45) is 0. The lowest BCUT2D eigenvalue weighted by Crippen LogP contribution is -2.50. The van der Waals surface area contributed by atoms with Crippen LogP contribution in [0.1, 0.15) is 24.2 Å². The molecule has 1 amide bonds. The highest BCUT2D eigenvalue weighted by Crippen LogP contribution is 2.25. The summed E-state index contributed by atoms with van der Waals surface area (Å²) < 4.78 is 10.4. The van der Waals surface area contributed by atoms with Crippen molar-refractivity contribution in [2.75, 3.05) is 14.2 Å². The Bertz CT molecular complexity index is 499. The Kier molecular flexibility index (Phi) is 4.94. The highest BCUT2D eigenvalue weighted by molar-refractivity contribution is 9.10. The SMILES string of the molecule is COC(=O)C(C)(C)NC(=O)c1ccc(OC)c(Br)c1. The summed E-state index contributed by atoms with van der Waals surface area (Å²) in [5.74, 6) is -0.240. The largest absolute Gasteiger partial charge is 0.496 e. The number of benzene rings is 1. The zero-order valence-corrected chi connectivity index (χ0v) is 12.8. The number of ether oxygens (including phenoxy) is 2. The molecule has 0 unspecified atom stereocenters. The molecule has 0 heterocycles. The van der Waals surface area contributed by atoms with Crippen molar-refractivity contribution >= 4 is 27.8 Å². The molecule has 5 nitrogen and oxygen atoms in total. The molecular weight excluding hydrogens is 314 g/mol. The van der Waals surface area contributed by atoms with Gasteiger partial charge in [0.25, 0.3) is 5.91 Å². The minimum atomic E-state index is -1.09. The van der Waals surface area contributed by atoms with Crippen molar-refractivity contribution in [3.63, 3.8) is 0 Å². The molecule has 0 radical (unpaired) electrons. The van der Waals surface area contributed by atoms with E-state index in [9.17, 15) is 9.59 Å². The van der Waals surface area contributed by atoms with E-state index in [1.165, 1.54) is 7.11 Å². The minimum Gasteiger partial charge on any atom is -0.496 e. The molecule has 104 valence electrons. The second kappa shape index (κ2) is 6.06. The number of hydrogen-bond donors (Lipinski definition) is 1. The average molecular weight is 330 g/mol. The molecule has 0 aliphatic heterocycles. The topological polar surface area (TPSA) is 64.6 Å². The summed E-state index contributed by atoms with van der Waals surface area (Å²) in [6, 6.07) is 4.91. The summed E-state index contributed by atoms with van der Waals surface area (Å²) in [5.41, 5.74) is -0.664. The molecule has 0 saturated heterocycles. The second-order valence-corrected chi connectivity index (χ2v) is 5.27. The molecule has 0 spiro atoms. The fraction of sp³-hybridized carbons (Fsp3) is 0.385. The van der Waals surface area contributed by atoms with E-state index in [0.717, 1.165) is 0 Å². The first-order valence-corrected chi connectivity index (χ1v) is 6.35. The van der Waals surface area contributed by atoms with E-state index in [2.05, 4.69) is 26.0 Å². The van der Waals surface area contributed by atoms with Gasteiger partial charge in [-0.1, -0.05) is 0 Å². The molecule has 1 aromatic rings. The third kappa shape index (κ3) is 3.70. The average Bonchev–Trinajstić information content (AvgIpc) is 2.36. The number of nitrogens with one attached hydrogen (secondary N) is 1. The quantitative estimate of drug-likeness (QED) is 0.859. The van der Waals surface area contributed by atoms with E-state index in [4.69, 9.17) is 4.74 Å². The summed E-state index contributed by atoms with van der Waals surface area (Å²) in [4.78, 5) is 23.6. The second-order valence-electron chi connectivity index (χ2n) is 4.42. The molecule has 1 aromatic carbocycles. The Balaban J connectivity index is 2.90. The molecule has 6 heteroatoms. The molecule has 1 N–H and O–H groups in total. The molecule has 0 aliphatic rings. The van der Waals surface area contributed by atoms with Crippen molar-refractivity contribution in [2.24, 2.45) is 0 Å². The van der Waals surface area contributed by atoms with Crippen LogP contribution >= 0.6 is 15.9 Å². The van der Waals surface area contributed by atoms with Gasteiger partial charge < -0.3 is 14.8 Å². The van der Waals surface area contributed by atoms with Crippen LogP contribution in [0.4, 0.5) is 0 Å². The van der Waals surface area contributed by atoms with Crippen LogP contribution in [-0.2, 0) is 9.53 Å². The fourth-order valence-electron chi connectivity index (χ4n) is 1.47. The molecule has 0 saturated carbocycles. The van der Waals surface area contributed by atoms with Crippen molar-refractivity contribution < 1.29 is 19.1 Å². The van der Waals surface area contributed by atoms with Crippen LogP contribution in [-0.4, -0.2) is 31.6 Å². The van der Waals surface area contributed by atoms with Crippen molar-refractivity contribution in [3.05, 3.63) is 28.2 Å². The van der Waals surface area contributed by atoms with Crippen LogP contribution in [0, 0.1) is 0 Å². The molecule has 0 bridgehead atoms. The highest BCUT2D eigenvalue weighted by Gasteiger charge is 2.30.